The van der Waals surface area contributed by atoms with Crippen molar-refractivity contribution in [3.63, 3.8) is 0 Å². The average Bonchev–Trinajstić information content (AvgIpc) is 2.74. The van der Waals surface area contributed by atoms with Crippen molar-refractivity contribution in [3.05, 3.63) is 35.9 Å². The van der Waals surface area contributed by atoms with Gasteiger partial charge in [0, 0.05) is 6.54 Å². The highest BCUT2D eigenvalue weighted by molar-refractivity contribution is 7.96. The van der Waals surface area contributed by atoms with Crippen molar-refractivity contribution in [1.82, 2.24) is 4.90 Å². The Kier molecular flexibility index (Phi) is 3.91. The fourth-order valence-corrected chi connectivity index (χ4v) is 2.68. The Balaban J connectivity index is 2.05. The van der Waals surface area contributed by atoms with Crippen LogP contribution >= 0.6 is 12.6 Å². The highest BCUT2D eigenvalue weighted by Crippen LogP contribution is 2.27. The van der Waals surface area contributed by atoms with Gasteiger partial charge in [0.15, 0.2) is 0 Å². The van der Waals surface area contributed by atoms with Crippen LogP contribution in [0.5, 0.6) is 0 Å². The molecule has 0 bridgehead atoms. The first kappa shape index (κ1) is 13.0. The summed E-state index contributed by atoms with van der Waals surface area (Å²) in [6, 6.07) is 9.16. The lowest BCUT2D eigenvalue weighted by atomic mass is 9.97. The van der Waals surface area contributed by atoms with Gasteiger partial charge >= 0.3 is 5.97 Å². The third kappa shape index (κ3) is 2.85. The summed E-state index contributed by atoms with van der Waals surface area (Å²) < 4.78 is 0. The number of thiol groups is 1. The van der Waals surface area contributed by atoms with Gasteiger partial charge in [-0.1, -0.05) is 43.0 Å². The molecule has 2 atom stereocenters. The van der Waals surface area contributed by atoms with Gasteiger partial charge in [0.2, 0.25) is 0 Å². The lowest BCUT2D eigenvalue weighted by molar-refractivity contribution is -0.141. The molecule has 1 fully saturated rings. The number of carboxylic acids is 1. The molecular formula is C13H15NO3S. The minimum Gasteiger partial charge on any atom is -0.480 e. The van der Waals surface area contributed by atoms with Gasteiger partial charge in [-0.05, 0) is 24.3 Å². The Bertz CT molecular complexity index is 427. The SMILES string of the molecule is O=C(O)[C@@H]1C[C@H](Cc2ccccc2)CN1C(=O)S. The fraction of sp³-hybridized carbons (Fsp3) is 0.385. The summed E-state index contributed by atoms with van der Waals surface area (Å²) >= 11 is 3.74. The molecule has 1 aliphatic heterocycles. The number of hydrogen-bond acceptors (Lipinski definition) is 2. The van der Waals surface area contributed by atoms with E-state index in [4.69, 9.17) is 5.11 Å². The van der Waals surface area contributed by atoms with Gasteiger partial charge in [-0.15, -0.1) is 0 Å². The minimum atomic E-state index is -0.951. The first-order chi connectivity index (χ1) is 8.58. The molecular weight excluding hydrogens is 250 g/mol. The molecule has 1 saturated heterocycles. The van der Waals surface area contributed by atoms with Gasteiger partial charge in [0.05, 0.1) is 0 Å². The second kappa shape index (κ2) is 5.44. The highest BCUT2D eigenvalue weighted by atomic mass is 32.1. The van der Waals surface area contributed by atoms with E-state index in [1.165, 1.54) is 10.5 Å². The summed E-state index contributed by atoms with van der Waals surface area (Å²) in [5.41, 5.74) is 1.17. The van der Waals surface area contributed by atoms with Gasteiger partial charge in [-0.25, -0.2) is 4.79 Å². The number of likely N-dealkylation sites (tertiary alicyclic amines) is 1. The topological polar surface area (TPSA) is 57.6 Å². The van der Waals surface area contributed by atoms with E-state index in [-0.39, 0.29) is 5.92 Å². The van der Waals surface area contributed by atoms with Crippen LogP contribution in [0.2, 0.25) is 0 Å². The Hall–Kier alpha value is -1.49. The summed E-state index contributed by atoms with van der Waals surface area (Å²) in [6.45, 7) is 0.466. The first-order valence-electron chi connectivity index (χ1n) is 5.84. The van der Waals surface area contributed by atoms with Crippen molar-refractivity contribution in [1.29, 1.82) is 0 Å². The van der Waals surface area contributed by atoms with Crippen LogP contribution in [0.3, 0.4) is 0 Å². The monoisotopic (exact) mass is 265 g/mol. The molecule has 1 aliphatic rings. The van der Waals surface area contributed by atoms with Crippen LogP contribution < -0.4 is 0 Å². The molecule has 0 radical (unpaired) electrons. The van der Waals surface area contributed by atoms with E-state index < -0.39 is 17.3 Å². The van der Waals surface area contributed by atoms with E-state index in [1.54, 1.807) is 0 Å². The van der Waals surface area contributed by atoms with Gasteiger partial charge < -0.3 is 10.0 Å². The van der Waals surface area contributed by atoms with E-state index in [1.807, 2.05) is 30.3 Å². The summed E-state index contributed by atoms with van der Waals surface area (Å²) in [5, 5.41) is 8.63. The van der Waals surface area contributed by atoms with Gasteiger partial charge in [-0.2, -0.15) is 0 Å². The molecule has 0 spiro atoms. The molecule has 1 aromatic carbocycles. The quantitative estimate of drug-likeness (QED) is 0.822. The van der Waals surface area contributed by atoms with Gasteiger partial charge in [0.25, 0.3) is 5.24 Å². The zero-order chi connectivity index (χ0) is 13.1. The van der Waals surface area contributed by atoms with Crippen LogP contribution in [0.4, 0.5) is 4.79 Å². The van der Waals surface area contributed by atoms with Crippen molar-refractivity contribution < 1.29 is 14.7 Å². The molecule has 1 aromatic rings. The third-order valence-corrected chi connectivity index (χ3v) is 3.54. The fourth-order valence-electron chi connectivity index (χ4n) is 2.46. The Morgan fingerprint density at radius 1 is 1.33 bits per heavy atom. The van der Waals surface area contributed by atoms with E-state index in [9.17, 15) is 9.59 Å². The van der Waals surface area contributed by atoms with Crippen LogP contribution in [0.1, 0.15) is 12.0 Å². The number of hydrogen-bond donors (Lipinski definition) is 2. The van der Waals surface area contributed by atoms with Crippen LogP contribution in [-0.4, -0.2) is 33.8 Å². The summed E-state index contributed by atoms with van der Waals surface area (Å²) in [5.74, 6) is -0.766. The van der Waals surface area contributed by atoms with E-state index in [2.05, 4.69) is 12.6 Å². The molecule has 18 heavy (non-hydrogen) atoms. The predicted octanol–water partition coefficient (Wildman–Crippen LogP) is 2.05. The zero-order valence-electron chi connectivity index (χ0n) is 9.82. The summed E-state index contributed by atoms with van der Waals surface area (Å²) in [4.78, 5) is 23.7. The lowest BCUT2D eigenvalue weighted by Gasteiger charge is -2.18. The summed E-state index contributed by atoms with van der Waals surface area (Å²) in [7, 11) is 0. The molecule has 0 unspecified atom stereocenters. The number of amides is 1. The maximum atomic E-state index is 11.3. The van der Waals surface area contributed by atoms with Crippen molar-refractivity contribution >= 4 is 23.8 Å². The number of benzene rings is 1. The molecule has 96 valence electrons. The van der Waals surface area contributed by atoms with Crippen LogP contribution in [0.25, 0.3) is 0 Å². The maximum absolute atomic E-state index is 11.3. The Morgan fingerprint density at radius 2 is 2.00 bits per heavy atom. The molecule has 5 heteroatoms. The molecule has 2 rings (SSSR count). The molecule has 0 saturated carbocycles. The number of carbonyl (C=O) groups excluding carboxylic acids is 1. The van der Waals surface area contributed by atoms with Crippen LogP contribution in [0, 0.1) is 5.92 Å². The standard InChI is InChI=1S/C13H15NO3S/c15-12(16)11-7-10(8-14(11)13(17)18)6-9-4-2-1-3-5-9/h1-5,10-11H,6-8H2,(H,15,16)(H,17,18)/t10-,11-/m0/s1. The number of aliphatic carboxylic acids is 1. The second-order valence-electron chi connectivity index (χ2n) is 4.58. The summed E-state index contributed by atoms with van der Waals surface area (Å²) in [6.07, 6.45) is 1.29. The zero-order valence-corrected chi connectivity index (χ0v) is 10.7. The molecule has 0 aliphatic carbocycles. The minimum absolute atomic E-state index is 0.185. The van der Waals surface area contributed by atoms with E-state index in [0.717, 1.165) is 6.42 Å². The second-order valence-corrected chi connectivity index (χ2v) is 4.96. The normalized spacial score (nSPS) is 23.1. The Labute approximate surface area is 111 Å². The molecule has 4 nitrogen and oxygen atoms in total. The number of rotatable bonds is 3. The first-order valence-corrected chi connectivity index (χ1v) is 6.29. The van der Waals surface area contributed by atoms with Gasteiger partial charge in [-0.3, -0.25) is 4.79 Å². The number of carbonyl (C=O) groups is 2. The van der Waals surface area contributed by atoms with Crippen LogP contribution in [-0.2, 0) is 11.2 Å². The number of carboxylic acid groups (broad SMARTS) is 1. The Morgan fingerprint density at radius 3 is 2.50 bits per heavy atom. The molecule has 0 aromatic heterocycles. The largest absolute Gasteiger partial charge is 0.480 e. The average molecular weight is 265 g/mol. The number of nitrogens with zero attached hydrogens (tertiary/aromatic N) is 1. The van der Waals surface area contributed by atoms with E-state index in [0.29, 0.717) is 13.0 Å². The van der Waals surface area contributed by atoms with Gasteiger partial charge in [0.1, 0.15) is 6.04 Å². The van der Waals surface area contributed by atoms with Crippen LogP contribution in [0.15, 0.2) is 30.3 Å². The van der Waals surface area contributed by atoms with Crippen molar-refractivity contribution in [2.45, 2.75) is 18.9 Å². The van der Waals surface area contributed by atoms with Crippen molar-refractivity contribution in [3.8, 4) is 0 Å². The lowest BCUT2D eigenvalue weighted by Crippen LogP contribution is -2.37. The predicted molar refractivity (Wildman–Crippen MR) is 70.8 cm³/mol. The van der Waals surface area contributed by atoms with Crippen molar-refractivity contribution in [2.24, 2.45) is 5.92 Å². The highest BCUT2D eigenvalue weighted by Gasteiger charge is 2.38. The molecule has 1 heterocycles. The molecule has 1 N–H and O–H groups in total. The molecule has 1 amide bonds. The third-order valence-electron chi connectivity index (χ3n) is 3.29. The smallest absolute Gasteiger partial charge is 0.326 e. The van der Waals surface area contributed by atoms with E-state index >= 15 is 0 Å². The van der Waals surface area contributed by atoms with Crippen molar-refractivity contribution in [2.75, 3.05) is 6.54 Å². The maximum Gasteiger partial charge on any atom is 0.326 e.